The van der Waals surface area contributed by atoms with Gasteiger partial charge in [-0.15, -0.1) is 0 Å². The quantitative estimate of drug-likeness (QED) is 0.598. The van der Waals surface area contributed by atoms with Crippen molar-refractivity contribution in [2.24, 2.45) is 11.8 Å². The number of hydrazine groups is 1. The number of halogens is 2. The highest BCUT2D eigenvalue weighted by atomic mass is 35.5. The summed E-state index contributed by atoms with van der Waals surface area (Å²) in [5.74, 6) is 7.87. The largest absolute Gasteiger partial charge is 0.271 e. The highest BCUT2D eigenvalue weighted by Gasteiger charge is 2.12. The van der Waals surface area contributed by atoms with Crippen molar-refractivity contribution in [2.75, 3.05) is 11.5 Å². The third kappa shape index (κ3) is 5.57. The zero-order chi connectivity index (χ0) is 13.5. The molecule has 1 aromatic rings. The van der Waals surface area contributed by atoms with E-state index in [1.54, 1.807) is 12.1 Å². The fraction of sp³-hybridized carbons (Fsp3) is 0.538. The molecule has 0 radical (unpaired) electrons. The predicted octanol–water partition coefficient (Wildman–Crippen LogP) is 3.24. The number of rotatable bonds is 7. The molecular formula is C13H20ClFN2S. The average Bonchev–Trinajstić information content (AvgIpc) is 2.32. The zero-order valence-electron chi connectivity index (χ0n) is 10.7. The van der Waals surface area contributed by atoms with Gasteiger partial charge in [0.25, 0.3) is 0 Å². The third-order valence-electron chi connectivity index (χ3n) is 2.48. The molecule has 3 N–H and O–H groups in total. The summed E-state index contributed by atoms with van der Waals surface area (Å²) >= 11 is 7.69. The standard InChI is InChI=1S/C13H20ClFN2S/c1-9(2)7-18-8-12(17-16)6-10-5-11(14)3-4-13(10)15/h3-5,9,12,17H,6-8,16H2,1-2H3. The second-order valence-corrected chi connectivity index (χ2v) is 6.25. The first-order valence-corrected chi connectivity index (χ1v) is 7.54. The van der Waals surface area contributed by atoms with Crippen LogP contribution in [0.5, 0.6) is 0 Å². The summed E-state index contributed by atoms with van der Waals surface area (Å²) < 4.78 is 13.6. The molecule has 0 aliphatic carbocycles. The van der Waals surface area contributed by atoms with Crippen LogP contribution in [0.2, 0.25) is 5.02 Å². The Labute approximate surface area is 117 Å². The van der Waals surface area contributed by atoms with Crippen LogP contribution in [-0.2, 0) is 6.42 Å². The Morgan fingerprint density at radius 1 is 1.39 bits per heavy atom. The van der Waals surface area contributed by atoms with E-state index in [1.165, 1.54) is 6.07 Å². The van der Waals surface area contributed by atoms with Crippen molar-refractivity contribution in [1.29, 1.82) is 0 Å². The number of thioether (sulfide) groups is 1. The fourth-order valence-electron chi connectivity index (χ4n) is 1.58. The van der Waals surface area contributed by atoms with Crippen LogP contribution in [0.25, 0.3) is 0 Å². The van der Waals surface area contributed by atoms with Crippen molar-refractivity contribution in [3.05, 3.63) is 34.6 Å². The maximum absolute atomic E-state index is 13.6. The third-order valence-corrected chi connectivity index (χ3v) is 4.26. The van der Waals surface area contributed by atoms with Crippen LogP contribution < -0.4 is 11.3 Å². The van der Waals surface area contributed by atoms with Gasteiger partial charge in [0, 0.05) is 16.8 Å². The van der Waals surface area contributed by atoms with Gasteiger partial charge >= 0.3 is 0 Å². The lowest BCUT2D eigenvalue weighted by Crippen LogP contribution is -2.39. The summed E-state index contributed by atoms with van der Waals surface area (Å²) in [6, 6.07) is 4.67. The van der Waals surface area contributed by atoms with Crippen molar-refractivity contribution in [3.8, 4) is 0 Å². The molecule has 0 fully saturated rings. The van der Waals surface area contributed by atoms with Crippen LogP contribution in [0.1, 0.15) is 19.4 Å². The molecule has 18 heavy (non-hydrogen) atoms. The molecule has 0 spiro atoms. The van der Waals surface area contributed by atoms with Crippen LogP contribution in [0.3, 0.4) is 0 Å². The van der Waals surface area contributed by atoms with Gasteiger partial charge in [0.15, 0.2) is 0 Å². The first-order chi connectivity index (χ1) is 8.52. The van der Waals surface area contributed by atoms with E-state index < -0.39 is 0 Å². The summed E-state index contributed by atoms with van der Waals surface area (Å²) in [6.45, 7) is 4.35. The molecule has 1 aromatic carbocycles. The van der Waals surface area contributed by atoms with Gasteiger partial charge in [-0.3, -0.25) is 11.3 Å². The Kier molecular flexibility index (Phi) is 7.00. The van der Waals surface area contributed by atoms with Gasteiger partial charge in [-0.2, -0.15) is 11.8 Å². The molecule has 5 heteroatoms. The van der Waals surface area contributed by atoms with E-state index in [1.807, 2.05) is 11.8 Å². The molecule has 1 atom stereocenters. The van der Waals surface area contributed by atoms with Crippen molar-refractivity contribution in [3.63, 3.8) is 0 Å². The molecule has 102 valence electrons. The first kappa shape index (κ1) is 15.8. The van der Waals surface area contributed by atoms with Crippen molar-refractivity contribution < 1.29 is 4.39 Å². The summed E-state index contributed by atoms with van der Waals surface area (Å²) in [4.78, 5) is 0. The molecule has 0 aromatic heterocycles. The number of hydrogen-bond donors (Lipinski definition) is 2. The minimum Gasteiger partial charge on any atom is -0.271 e. The highest BCUT2D eigenvalue weighted by molar-refractivity contribution is 7.99. The van der Waals surface area contributed by atoms with E-state index in [4.69, 9.17) is 17.4 Å². The van der Waals surface area contributed by atoms with Crippen LogP contribution in [0.4, 0.5) is 4.39 Å². The molecule has 0 saturated heterocycles. The Bertz CT molecular complexity index is 374. The maximum atomic E-state index is 13.6. The lowest BCUT2D eigenvalue weighted by molar-refractivity contribution is 0.546. The van der Waals surface area contributed by atoms with Crippen molar-refractivity contribution in [1.82, 2.24) is 5.43 Å². The van der Waals surface area contributed by atoms with Crippen LogP contribution in [0, 0.1) is 11.7 Å². The molecule has 0 heterocycles. The second-order valence-electron chi connectivity index (χ2n) is 4.73. The van der Waals surface area contributed by atoms with E-state index in [0.717, 1.165) is 11.5 Å². The molecule has 0 aliphatic rings. The van der Waals surface area contributed by atoms with E-state index in [2.05, 4.69) is 19.3 Å². The van der Waals surface area contributed by atoms with Gasteiger partial charge in [-0.25, -0.2) is 4.39 Å². The summed E-state index contributed by atoms with van der Waals surface area (Å²) in [7, 11) is 0. The summed E-state index contributed by atoms with van der Waals surface area (Å²) in [5.41, 5.74) is 3.35. The van der Waals surface area contributed by atoms with Crippen molar-refractivity contribution >= 4 is 23.4 Å². The van der Waals surface area contributed by atoms with Gasteiger partial charge in [-0.1, -0.05) is 25.4 Å². The van der Waals surface area contributed by atoms with E-state index >= 15 is 0 Å². The van der Waals surface area contributed by atoms with Gasteiger partial charge in [0.1, 0.15) is 5.82 Å². The average molecular weight is 291 g/mol. The van der Waals surface area contributed by atoms with E-state index in [0.29, 0.717) is 22.9 Å². The number of nitrogens with two attached hydrogens (primary N) is 1. The highest BCUT2D eigenvalue weighted by Crippen LogP contribution is 2.18. The molecule has 1 rings (SSSR count). The van der Waals surface area contributed by atoms with E-state index in [9.17, 15) is 4.39 Å². The normalized spacial score (nSPS) is 13.0. The number of hydrogen-bond acceptors (Lipinski definition) is 3. The topological polar surface area (TPSA) is 38.0 Å². The van der Waals surface area contributed by atoms with Crippen LogP contribution in [-0.4, -0.2) is 17.5 Å². The van der Waals surface area contributed by atoms with Crippen LogP contribution in [0.15, 0.2) is 18.2 Å². The monoisotopic (exact) mass is 290 g/mol. The van der Waals surface area contributed by atoms with Crippen LogP contribution >= 0.6 is 23.4 Å². The molecule has 0 aliphatic heterocycles. The Morgan fingerprint density at radius 3 is 2.72 bits per heavy atom. The summed E-state index contributed by atoms with van der Waals surface area (Å²) in [6.07, 6.45) is 0.550. The number of benzene rings is 1. The van der Waals surface area contributed by atoms with Gasteiger partial charge < -0.3 is 0 Å². The summed E-state index contributed by atoms with van der Waals surface area (Å²) in [5, 5.41) is 0.553. The predicted molar refractivity (Wildman–Crippen MR) is 78.4 cm³/mol. The molecular weight excluding hydrogens is 271 g/mol. The lowest BCUT2D eigenvalue weighted by Gasteiger charge is -2.16. The van der Waals surface area contributed by atoms with Gasteiger partial charge in [0.2, 0.25) is 0 Å². The van der Waals surface area contributed by atoms with Gasteiger partial charge in [-0.05, 0) is 41.9 Å². The molecule has 0 saturated carbocycles. The number of nitrogens with one attached hydrogen (secondary N) is 1. The van der Waals surface area contributed by atoms with Gasteiger partial charge in [0.05, 0.1) is 0 Å². The molecule has 1 unspecified atom stereocenters. The molecule has 0 bridgehead atoms. The smallest absolute Gasteiger partial charge is 0.126 e. The Morgan fingerprint density at radius 2 is 2.11 bits per heavy atom. The Balaban J connectivity index is 2.54. The minimum absolute atomic E-state index is 0.0571. The molecule has 0 amide bonds. The maximum Gasteiger partial charge on any atom is 0.126 e. The SMILES string of the molecule is CC(C)CSCC(Cc1cc(Cl)ccc1F)NN. The van der Waals surface area contributed by atoms with Crippen molar-refractivity contribution in [2.45, 2.75) is 26.3 Å². The zero-order valence-corrected chi connectivity index (χ0v) is 12.3. The molecule has 2 nitrogen and oxygen atoms in total. The lowest BCUT2D eigenvalue weighted by atomic mass is 10.1. The fourth-order valence-corrected chi connectivity index (χ4v) is 2.88. The minimum atomic E-state index is -0.228. The first-order valence-electron chi connectivity index (χ1n) is 6.00. The Hall–Kier alpha value is -0.290. The second kappa shape index (κ2) is 8.00. The van der Waals surface area contributed by atoms with E-state index in [-0.39, 0.29) is 11.9 Å².